The van der Waals surface area contributed by atoms with Gasteiger partial charge in [-0.3, -0.25) is 5.41 Å². The fourth-order valence-electron chi connectivity index (χ4n) is 2.64. The number of rotatable bonds is 3. The number of anilines is 1. The zero-order valence-corrected chi connectivity index (χ0v) is 11.9. The Hall–Kier alpha value is -1.76. The van der Waals surface area contributed by atoms with Crippen LogP contribution in [0.25, 0.3) is 0 Å². The Balaban J connectivity index is 2.38. The van der Waals surface area contributed by atoms with Crippen LogP contribution in [-0.4, -0.2) is 31.6 Å². The van der Waals surface area contributed by atoms with Crippen molar-refractivity contribution in [1.29, 1.82) is 5.41 Å². The van der Waals surface area contributed by atoms with E-state index in [-0.39, 0.29) is 17.7 Å². The third kappa shape index (κ3) is 3.12. The summed E-state index contributed by atoms with van der Waals surface area (Å²) < 4.78 is 44.2. The minimum absolute atomic E-state index is 0.0121. The van der Waals surface area contributed by atoms with Crippen LogP contribution < -0.4 is 10.6 Å². The summed E-state index contributed by atoms with van der Waals surface area (Å²) in [5.41, 5.74) is 4.71. The van der Waals surface area contributed by atoms with Crippen LogP contribution in [0.1, 0.15) is 24.5 Å². The summed E-state index contributed by atoms with van der Waals surface area (Å²) in [5.74, 6) is -0.590. The molecule has 0 radical (unpaired) electrons. The van der Waals surface area contributed by atoms with Crippen molar-refractivity contribution in [2.24, 2.45) is 5.73 Å². The number of nitrogens with zero attached hydrogens (tertiary/aromatic N) is 1. The zero-order valence-electron chi connectivity index (χ0n) is 11.9. The van der Waals surface area contributed by atoms with Gasteiger partial charge in [-0.25, -0.2) is 0 Å². The number of alkyl halides is 3. The highest BCUT2D eigenvalue weighted by Gasteiger charge is 2.35. The Kier molecular flexibility index (Phi) is 4.13. The van der Waals surface area contributed by atoms with Gasteiger partial charge in [-0.15, -0.1) is 0 Å². The van der Waals surface area contributed by atoms with Crippen LogP contribution in [0.15, 0.2) is 18.2 Å². The minimum Gasteiger partial charge on any atom is -0.384 e. The number of halogens is 3. The molecule has 1 aliphatic heterocycles. The lowest BCUT2D eigenvalue weighted by atomic mass is 10.0. The first-order chi connectivity index (χ1) is 9.71. The SMILES string of the molecule is CC1OCCC1N(C)c1ccc(C(F)(F)F)c(C(=N)N)c1. The van der Waals surface area contributed by atoms with E-state index in [0.29, 0.717) is 12.3 Å². The average molecular weight is 301 g/mol. The molecule has 7 heteroatoms. The van der Waals surface area contributed by atoms with Gasteiger partial charge in [0.05, 0.1) is 17.7 Å². The molecule has 21 heavy (non-hydrogen) atoms. The van der Waals surface area contributed by atoms with Gasteiger partial charge in [-0.05, 0) is 31.5 Å². The lowest BCUT2D eigenvalue weighted by Gasteiger charge is -2.29. The second kappa shape index (κ2) is 5.55. The van der Waals surface area contributed by atoms with Crippen LogP contribution >= 0.6 is 0 Å². The Morgan fingerprint density at radius 2 is 2.10 bits per heavy atom. The van der Waals surface area contributed by atoms with Crippen molar-refractivity contribution in [3.8, 4) is 0 Å². The van der Waals surface area contributed by atoms with Crippen molar-refractivity contribution < 1.29 is 17.9 Å². The van der Waals surface area contributed by atoms with Gasteiger partial charge in [0.25, 0.3) is 0 Å². The third-order valence-corrected chi connectivity index (χ3v) is 3.84. The Labute approximate surface area is 121 Å². The van der Waals surface area contributed by atoms with Crippen LogP contribution in [0.5, 0.6) is 0 Å². The summed E-state index contributed by atoms with van der Waals surface area (Å²) in [4.78, 5) is 1.88. The normalized spacial score (nSPS) is 22.3. The molecular weight excluding hydrogens is 283 g/mol. The van der Waals surface area contributed by atoms with Crippen LogP contribution in [0.4, 0.5) is 18.9 Å². The number of hydrogen-bond acceptors (Lipinski definition) is 3. The zero-order chi connectivity index (χ0) is 15.8. The maximum Gasteiger partial charge on any atom is 0.417 e. The molecule has 1 aliphatic rings. The molecule has 3 N–H and O–H groups in total. The molecule has 1 fully saturated rings. The highest BCUT2D eigenvalue weighted by molar-refractivity contribution is 5.97. The van der Waals surface area contributed by atoms with E-state index < -0.39 is 17.6 Å². The maximum atomic E-state index is 12.9. The standard InChI is InChI=1S/C14H18F3N3O/c1-8-12(5-6-21-8)20(2)9-3-4-11(14(15,16)17)10(7-9)13(18)19/h3-4,7-8,12H,5-6H2,1-2H3,(H3,18,19). The lowest BCUT2D eigenvalue weighted by Crippen LogP contribution is -2.37. The van der Waals surface area contributed by atoms with E-state index >= 15 is 0 Å². The number of nitrogens with one attached hydrogen (secondary N) is 1. The number of likely N-dealkylation sites (N-methyl/N-ethyl adjacent to an activating group) is 1. The number of nitrogens with two attached hydrogens (primary N) is 1. The van der Waals surface area contributed by atoms with Crippen LogP contribution in [0.3, 0.4) is 0 Å². The van der Waals surface area contributed by atoms with Gasteiger partial charge in [0.15, 0.2) is 0 Å². The second-order valence-corrected chi connectivity index (χ2v) is 5.18. The molecule has 1 aromatic carbocycles. The van der Waals surface area contributed by atoms with Gasteiger partial charge < -0.3 is 15.4 Å². The molecule has 116 valence electrons. The van der Waals surface area contributed by atoms with Crippen molar-refractivity contribution in [2.45, 2.75) is 31.7 Å². The third-order valence-electron chi connectivity index (χ3n) is 3.84. The van der Waals surface area contributed by atoms with E-state index in [2.05, 4.69) is 0 Å². The minimum atomic E-state index is -4.53. The first kappa shape index (κ1) is 15.6. The maximum absolute atomic E-state index is 12.9. The Morgan fingerprint density at radius 3 is 2.57 bits per heavy atom. The summed E-state index contributed by atoms with van der Waals surface area (Å²) in [6.45, 7) is 2.57. The molecule has 0 bridgehead atoms. The van der Waals surface area contributed by atoms with Crippen LogP contribution in [-0.2, 0) is 10.9 Å². The summed E-state index contributed by atoms with van der Waals surface area (Å²) >= 11 is 0. The molecule has 2 atom stereocenters. The van der Waals surface area contributed by atoms with E-state index in [9.17, 15) is 13.2 Å². The lowest BCUT2D eigenvalue weighted by molar-refractivity contribution is -0.137. The van der Waals surface area contributed by atoms with Gasteiger partial charge in [-0.1, -0.05) is 0 Å². The molecule has 0 amide bonds. The van der Waals surface area contributed by atoms with Gasteiger partial charge in [-0.2, -0.15) is 13.2 Å². The molecule has 0 aromatic heterocycles. The number of amidine groups is 1. The molecule has 1 heterocycles. The first-order valence-corrected chi connectivity index (χ1v) is 6.62. The molecular formula is C14H18F3N3O. The molecule has 0 spiro atoms. The second-order valence-electron chi connectivity index (χ2n) is 5.18. The van der Waals surface area contributed by atoms with Crippen molar-refractivity contribution in [3.05, 3.63) is 29.3 Å². The largest absolute Gasteiger partial charge is 0.417 e. The van der Waals surface area contributed by atoms with Crippen molar-refractivity contribution >= 4 is 11.5 Å². The monoisotopic (exact) mass is 301 g/mol. The van der Waals surface area contributed by atoms with E-state index in [1.165, 1.54) is 12.1 Å². The number of nitrogen functional groups attached to an aromatic ring is 1. The Morgan fingerprint density at radius 1 is 1.43 bits per heavy atom. The van der Waals surface area contributed by atoms with Gasteiger partial charge in [0.1, 0.15) is 5.84 Å². The molecule has 2 unspecified atom stereocenters. The predicted molar refractivity (Wildman–Crippen MR) is 74.7 cm³/mol. The van der Waals surface area contributed by atoms with Gasteiger partial charge >= 0.3 is 6.18 Å². The van der Waals surface area contributed by atoms with E-state index in [1.807, 2.05) is 18.9 Å². The highest BCUT2D eigenvalue weighted by Crippen LogP contribution is 2.34. The van der Waals surface area contributed by atoms with Crippen molar-refractivity contribution in [3.63, 3.8) is 0 Å². The molecule has 1 aromatic rings. The summed E-state index contributed by atoms with van der Waals surface area (Å²) in [7, 11) is 1.81. The molecule has 4 nitrogen and oxygen atoms in total. The van der Waals surface area contributed by atoms with Crippen molar-refractivity contribution in [2.75, 3.05) is 18.6 Å². The number of hydrogen-bond donors (Lipinski definition) is 2. The van der Waals surface area contributed by atoms with Gasteiger partial charge in [0.2, 0.25) is 0 Å². The predicted octanol–water partition coefficient (Wildman–Crippen LogP) is 2.60. The smallest absolute Gasteiger partial charge is 0.384 e. The van der Waals surface area contributed by atoms with Crippen molar-refractivity contribution in [1.82, 2.24) is 0 Å². The van der Waals surface area contributed by atoms with Crippen LogP contribution in [0, 0.1) is 5.41 Å². The quantitative estimate of drug-likeness (QED) is 0.666. The van der Waals surface area contributed by atoms with E-state index in [1.54, 1.807) is 0 Å². The number of ether oxygens (including phenoxy) is 1. The fourth-order valence-corrected chi connectivity index (χ4v) is 2.64. The number of benzene rings is 1. The first-order valence-electron chi connectivity index (χ1n) is 6.62. The Bertz CT molecular complexity index is 545. The van der Waals surface area contributed by atoms with E-state index in [4.69, 9.17) is 15.9 Å². The highest BCUT2D eigenvalue weighted by atomic mass is 19.4. The topological polar surface area (TPSA) is 62.3 Å². The molecule has 2 rings (SSSR count). The summed E-state index contributed by atoms with van der Waals surface area (Å²) in [6.07, 6.45) is -3.70. The fraction of sp³-hybridized carbons (Fsp3) is 0.500. The summed E-state index contributed by atoms with van der Waals surface area (Å²) in [6, 6.07) is 3.79. The van der Waals surface area contributed by atoms with Gasteiger partial charge in [0, 0.05) is 24.9 Å². The van der Waals surface area contributed by atoms with E-state index in [0.717, 1.165) is 12.5 Å². The molecule has 0 aliphatic carbocycles. The van der Waals surface area contributed by atoms with Crippen LogP contribution in [0.2, 0.25) is 0 Å². The molecule has 0 saturated carbocycles. The average Bonchev–Trinajstić information content (AvgIpc) is 2.82. The summed E-state index contributed by atoms with van der Waals surface area (Å²) in [5, 5.41) is 7.38. The molecule has 1 saturated heterocycles.